The van der Waals surface area contributed by atoms with Crippen molar-refractivity contribution < 1.29 is 13.9 Å². The lowest BCUT2D eigenvalue weighted by atomic mass is 10.1. The third-order valence-corrected chi connectivity index (χ3v) is 5.45. The summed E-state index contributed by atoms with van der Waals surface area (Å²) in [5.41, 5.74) is 2.26. The van der Waals surface area contributed by atoms with Crippen LogP contribution in [0, 0.1) is 0 Å². The van der Waals surface area contributed by atoms with Crippen molar-refractivity contribution in [3.8, 4) is 28.5 Å². The molecule has 1 aromatic heterocycles. The number of likely N-dealkylation sites (N-methyl/N-ethyl adjacent to an activating group) is 1. The molecule has 1 aliphatic heterocycles. The van der Waals surface area contributed by atoms with Gasteiger partial charge in [-0.05, 0) is 49.9 Å². The highest BCUT2D eigenvalue weighted by Crippen LogP contribution is 2.30. The summed E-state index contributed by atoms with van der Waals surface area (Å²) in [5.74, 6) is 1.96. The van der Waals surface area contributed by atoms with Crippen molar-refractivity contribution in [3.63, 3.8) is 0 Å². The maximum atomic E-state index is 13.2. The van der Waals surface area contributed by atoms with Crippen LogP contribution in [-0.2, 0) is 0 Å². The molecule has 156 valence electrons. The Morgan fingerprint density at radius 1 is 1.03 bits per heavy atom. The minimum atomic E-state index is 0.0298. The highest BCUT2D eigenvalue weighted by molar-refractivity contribution is 6.00. The van der Waals surface area contributed by atoms with E-state index >= 15 is 0 Å². The van der Waals surface area contributed by atoms with E-state index in [0.717, 1.165) is 49.6 Å². The van der Waals surface area contributed by atoms with Gasteiger partial charge in [0.1, 0.15) is 5.75 Å². The van der Waals surface area contributed by atoms with E-state index < -0.39 is 0 Å². The third kappa shape index (κ3) is 4.24. The molecule has 0 saturated carbocycles. The quantitative estimate of drug-likeness (QED) is 0.616. The van der Waals surface area contributed by atoms with Gasteiger partial charge in [-0.2, -0.15) is 0 Å². The average Bonchev–Trinajstić information content (AvgIpc) is 3.29. The van der Waals surface area contributed by atoms with Gasteiger partial charge >= 0.3 is 0 Å². The Hall–Kier alpha value is -3.12. The lowest BCUT2D eigenvalue weighted by molar-refractivity contribution is 0.0644. The smallest absolute Gasteiger partial charge is 0.254 e. The molecule has 1 aliphatic rings. The summed E-state index contributed by atoms with van der Waals surface area (Å²) in [4.78, 5) is 21.9. The van der Waals surface area contributed by atoms with E-state index in [-0.39, 0.29) is 5.91 Å². The van der Waals surface area contributed by atoms with Crippen LogP contribution in [0.5, 0.6) is 5.75 Å². The molecule has 4 rings (SSSR count). The molecule has 0 aliphatic carbocycles. The number of hydrogen-bond donors (Lipinski definition) is 0. The van der Waals surface area contributed by atoms with Gasteiger partial charge in [0.05, 0.1) is 18.4 Å². The van der Waals surface area contributed by atoms with Crippen molar-refractivity contribution >= 4 is 5.91 Å². The van der Waals surface area contributed by atoms with Crippen LogP contribution in [-0.4, -0.2) is 60.0 Å². The number of oxazole rings is 1. The third-order valence-electron chi connectivity index (χ3n) is 5.45. The molecule has 1 saturated heterocycles. The van der Waals surface area contributed by atoms with Crippen molar-refractivity contribution in [3.05, 3.63) is 60.3 Å². The van der Waals surface area contributed by atoms with Gasteiger partial charge in [-0.15, -0.1) is 0 Å². The van der Waals surface area contributed by atoms with Crippen molar-refractivity contribution in [1.82, 2.24) is 14.8 Å². The zero-order valence-corrected chi connectivity index (χ0v) is 17.5. The normalized spacial score (nSPS) is 14.7. The molecular formula is C24H27N3O3. The summed E-state index contributed by atoms with van der Waals surface area (Å²) < 4.78 is 11.5. The lowest BCUT2D eigenvalue weighted by Gasteiger charge is -2.34. The molecule has 6 nitrogen and oxygen atoms in total. The number of nitrogens with zero attached hydrogens (tertiary/aromatic N) is 3. The van der Waals surface area contributed by atoms with Crippen LogP contribution in [0.4, 0.5) is 0 Å². The second-order valence-electron chi connectivity index (χ2n) is 7.26. The van der Waals surface area contributed by atoms with E-state index in [0.29, 0.717) is 23.8 Å². The van der Waals surface area contributed by atoms with Crippen LogP contribution in [0.2, 0.25) is 0 Å². The van der Waals surface area contributed by atoms with Gasteiger partial charge in [-0.1, -0.05) is 19.1 Å². The Labute approximate surface area is 177 Å². The molecule has 6 heteroatoms. The largest absolute Gasteiger partial charge is 0.494 e. The molecule has 0 bridgehead atoms. The summed E-state index contributed by atoms with van der Waals surface area (Å²) in [5, 5.41) is 0. The van der Waals surface area contributed by atoms with Crippen molar-refractivity contribution in [2.45, 2.75) is 13.8 Å². The minimum absolute atomic E-state index is 0.0298. The molecule has 0 unspecified atom stereocenters. The maximum Gasteiger partial charge on any atom is 0.254 e. The van der Waals surface area contributed by atoms with E-state index in [4.69, 9.17) is 9.15 Å². The molecular weight excluding hydrogens is 378 g/mol. The number of benzene rings is 2. The summed E-state index contributed by atoms with van der Waals surface area (Å²) in [6.45, 7) is 9.05. The number of piperazine rings is 1. The van der Waals surface area contributed by atoms with Crippen molar-refractivity contribution in [1.29, 1.82) is 0 Å². The Morgan fingerprint density at radius 3 is 2.47 bits per heavy atom. The molecule has 30 heavy (non-hydrogen) atoms. The number of rotatable bonds is 6. The highest BCUT2D eigenvalue weighted by atomic mass is 16.5. The SMILES string of the molecule is CCOc1ccc(-c2cnc(-c3ccccc3C(=O)N3CCN(CC)CC3)o2)cc1. The zero-order valence-electron chi connectivity index (χ0n) is 17.5. The Balaban J connectivity index is 1.56. The van der Waals surface area contributed by atoms with E-state index in [2.05, 4.69) is 16.8 Å². The monoisotopic (exact) mass is 405 g/mol. The van der Waals surface area contributed by atoms with Gasteiger partial charge in [0.15, 0.2) is 5.76 Å². The summed E-state index contributed by atoms with van der Waals surface area (Å²) in [6, 6.07) is 15.2. The lowest BCUT2D eigenvalue weighted by Crippen LogP contribution is -2.48. The Kier molecular flexibility index (Phi) is 6.14. The second kappa shape index (κ2) is 9.13. The zero-order chi connectivity index (χ0) is 20.9. The van der Waals surface area contributed by atoms with Crippen molar-refractivity contribution in [2.24, 2.45) is 0 Å². The fourth-order valence-corrected chi connectivity index (χ4v) is 3.71. The number of hydrogen-bond acceptors (Lipinski definition) is 5. The number of aromatic nitrogens is 1. The minimum Gasteiger partial charge on any atom is -0.494 e. The van der Waals surface area contributed by atoms with Crippen LogP contribution >= 0.6 is 0 Å². The maximum absolute atomic E-state index is 13.2. The van der Waals surface area contributed by atoms with Gasteiger partial charge in [-0.3, -0.25) is 4.79 Å². The number of carbonyl (C=O) groups excluding carboxylic acids is 1. The van der Waals surface area contributed by atoms with Crippen LogP contribution in [0.1, 0.15) is 24.2 Å². The van der Waals surface area contributed by atoms with E-state index in [1.54, 1.807) is 6.20 Å². The fraction of sp³-hybridized carbons (Fsp3) is 0.333. The second-order valence-corrected chi connectivity index (χ2v) is 7.26. The van der Waals surface area contributed by atoms with Gasteiger partial charge < -0.3 is 19.0 Å². The molecule has 1 fully saturated rings. The van der Waals surface area contributed by atoms with Crippen LogP contribution in [0.15, 0.2) is 59.1 Å². The van der Waals surface area contributed by atoms with Crippen LogP contribution < -0.4 is 4.74 Å². The predicted octanol–water partition coefficient (Wildman–Crippen LogP) is 4.19. The molecule has 0 radical (unpaired) electrons. The van der Waals surface area contributed by atoms with Crippen molar-refractivity contribution in [2.75, 3.05) is 39.3 Å². The molecule has 3 aromatic rings. The molecule has 0 atom stereocenters. The Bertz CT molecular complexity index is 989. The first kappa shape index (κ1) is 20.2. The van der Waals surface area contributed by atoms with Crippen LogP contribution in [0.25, 0.3) is 22.8 Å². The number of ether oxygens (including phenoxy) is 1. The highest BCUT2D eigenvalue weighted by Gasteiger charge is 2.24. The van der Waals surface area contributed by atoms with E-state index in [1.165, 1.54) is 0 Å². The van der Waals surface area contributed by atoms with Crippen LogP contribution in [0.3, 0.4) is 0 Å². The molecule has 1 amide bonds. The first-order valence-electron chi connectivity index (χ1n) is 10.5. The molecule has 2 heterocycles. The predicted molar refractivity (Wildman–Crippen MR) is 117 cm³/mol. The summed E-state index contributed by atoms with van der Waals surface area (Å²) in [6.07, 6.45) is 1.70. The van der Waals surface area contributed by atoms with E-state index in [1.807, 2.05) is 60.4 Å². The Morgan fingerprint density at radius 2 is 1.77 bits per heavy atom. The molecule has 0 N–H and O–H groups in total. The standard InChI is InChI=1S/C24H27N3O3/c1-3-26-13-15-27(16-14-26)24(28)21-8-6-5-7-20(21)23-25-17-22(30-23)18-9-11-19(12-10-18)29-4-2/h5-12,17H,3-4,13-16H2,1-2H3. The fourth-order valence-electron chi connectivity index (χ4n) is 3.71. The molecule has 2 aromatic carbocycles. The molecule has 0 spiro atoms. The first-order chi connectivity index (χ1) is 14.7. The topological polar surface area (TPSA) is 58.8 Å². The number of amides is 1. The van der Waals surface area contributed by atoms with E-state index in [9.17, 15) is 4.79 Å². The van der Waals surface area contributed by atoms with Gasteiger partial charge in [0, 0.05) is 37.3 Å². The van der Waals surface area contributed by atoms with Gasteiger partial charge in [0.25, 0.3) is 5.91 Å². The summed E-state index contributed by atoms with van der Waals surface area (Å²) >= 11 is 0. The van der Waals surface area contributed by atoms with Gasteiger partial charge in [0.2, 0.25) is 5.89 Å². The van der Waals surface area contributed by atoms with Gasteiger partial charge in [-0.25, -0.2) is 4.98 Å². The average molecular weight is 405 g/mol. The summed E-state index contributed by atoms with van der Waals surface area (Å²) in [7, 11) is 0. The first-order valence-corrected chi connectivity index (χ1v) is 10.5. The number of carbonyl (C=O) groups is 1.